The molecule has 0 spiro atoms. The Morgan fingerprint density at radius 3 is 2.44 bits per heavy atom. The number of halogens is 4. The first-order chi connectivity index (χ1) is 11.6. The highest BCUT2D eigenvalue weighted by atomic mass is 19.4. The average molecular weight is 357 g/mol. The van der Waals surface area contributed by atoms with E-state index >= 15 is 0 Å². The van der Waals surface area contributed by atoms with Crippen molar-refractivity contribution in [3.63, 3.8) is 0 Å². The van der Waals surface area contributed by atoms with Crippen LogP contribution in [0.15, 0.2) is 29.1 Å². The van der Waals surface area contributed by atoms with E-state index in [2.05, 4.69) is 4.74 Å². The van der Waals surface area contributed by atoms with Gasteiger partial charge in [0.05, 0.1) is 16.8 Å². The molecule has 0 unspecified atom stereocenters. The van der Waals surface area contributed by atoms with Crippen LogP contribution in [0.1, 0.15) is 20.7 Å². The Morgan fingerprint density at radius 2 is 1.80 bits per heavy atom. The third-order valence-electron chi connectivity index (χ3n) is 3.36. The number of aromatic nitrogens is 1. The van der Waals surface area contributed by atoms with E-state index in [0.717, 1.165) is 18.2 Å². The zero-order valence-electron chi connectivity index (χ0n) is 12.0. The molecular formula is C14H7F4N3O4. The second-order valence-corrected chi connectivity index (χ2v) is 4.91. The number of hydrogen-bond acceptors (Lipinski definition) is 5. The van der Waals surface area contributed by atoms with Crippen LogP contribution in [-0.2, 0) is 0 Å². The van der Waals surface area contributed by atoms with Gasteiger partial charge in [0, 0.05) is 6.07 Å². The summed E-state index contributed by atoms with van der Waals surface area (Å²) in [5.74, 6) is -5.05. The number of imide groups is 1. The maximum absolute atomic E-state index is 14.4. The predicted octanol–water partition coefficient (Wildman–Crippen LogP) is 1.34. The first kappa shape index (κ1) is 16.5. The molecule has 1 aromatic heterocycles. The van der Waals surface area contributed by atoms with Gasteiger partial charge in [-0.2, -0.15) is 0 Å². The highest BCUT2D eigenvalue weighted by molar-refractivity contribution is 6.23. The molecule has 25 heavy (non-hydrogen) atoms. The molecule has 0 aliphatic carbocycles. The number of carbonyl (C=O) groups excluding carboxylic acids is 2. The summed E-state index contributed by atoms with van der Waals surface area (Å²) in [6, 6.07) is 3.42. The summed E-state index contributed by atoms with van der Waals surface area (Å²) in [4.78, 5) is 35.5. The van der Waals surface area contributed by atoms with Crippen molar-refractivity contribution < 1.29 is 31.9 Å². The van der Waals surface area contributed by atoms with Gasteiger partial charge in [-0.15, -0.1) is 13.2 Å². The fourth-order valence-corrected chi connectivity index (χ4v) is 2.40. The monoisotopic (exact) mass is 357 g/mol. The number of rotatable bonds is 2. The van der Waals surface area contributed by atoms with Crippen LogP contribution in [0.3, 0.4) is 0 Å². The summed E-state index contributed by atoms with van der Waals surface area (Å²) < 4.78 is 55.3. The summed E-state index contributed by atoms with van der Waals surface area (Å²) >= 11 is 0. The van der Waals surface area contributed by atoms with Crippen LogP contribution in [0.5, 0.6) is 5.75 Å². The number of pyridine rings is 1. The summed E-state index contributed by atoms with van der Waals surface area (Å²) in [5.41, 5.74) is 3.34. The lowest BCUT2D eigenvalue weighted by Crippen LogP contribution is -2.25. The Morgan fingerprint density at radius 1 is 1.12 bits per heavy atom. The summed E-state index contributed by atoms with van der Waals surface area (Å²) in [5, 5.41) is 1.91. The second-order valence-electron chi connectivity index (χ2n) is 4.91. The van der Waals surface area contributed by atoms with Gasteiger partial charge in [0.1, 0.15) is 5.82 Å². The number of amides is 2. The second kappa shape index (κ2) is 5.33. The van der Waals surface area contributed by atoms with E-state index < -0.39 is 46.8 Å². The van der Waals surface area contributed by atoms with Crippen LogP contribution < -0.4 is 21.3 Å². The molecule has 0 radical (unpaired) electrons. The zero-order chi connectivity index (χ0) is 18.5. The molecule has 7 nitrogen and oxygen atoms in total. The summed E-state index contributed by atoms with van der Waals surface area (Å²) in [6.45, 7) is 0. The lowest BCUT2D eigenvalue weighted by molar-refractivity contribution is -0.275. The zero-order valence-corrected chi connectivity index (χ0v) is 12.0. The maximum Gasteiger partial charge on any atom is 0.573 e. The Hall–Kier alpha value is -3.37. The minimum Gasteiger partial charge on any atom is -0.403 e. The van der Waals surface area contributed by atoms with Gasteiger partial charge in [-0.3, -0.25) is 24.3 Å². The van der Waals surface area contributed by atoms with E-state index in [1.54, 1.807) is 0 Å². The van der Waals surface area contributed by atoms with Crippen LogP contribution in [-0.4, -0.2) is 22.7 Å². The Kier molecular flexibility index (Phi) is 3.51. The number of nitrogens with zero attached hydrogens (tertiary/aromatic N) is 1. The average Bonchev–Trinajstić information content (AvgIpc) is 2.76. The highest BCUT2D eigenvalue weighted by Crippen LogP contribution is 2.30. The fourth-order valence-electron chi connectivity index (χ4n) is 2.40. The molecular weight excluding hydrogens is 350 g/mol. The fraction of sp³-hybridized carbons (Fsp3) is 0.0714. The Bertz CT molecular complexity index is 981. The number of alkyl halides is 3. The van der Waals surface area contributed by atoms with E-state index in [1.165, 1.54) is 0 Å². The highest BCUT2D eigenvalue weighted by Gasteiger charge is 2.34. The molecule has 0 fully saturated rings. The molecule has 0 bridgehead atoms. The van der Waals surface area contributed by atoms with Gasteiger partial charge in [0.25, 0.3) is 17.4 Å². The van der Waals surface area contributed by atoms with Crippen molar-refractivity contribution in [2.45, 2.75) is 6.36 Å². The standard InChI is InChI=1S/C14H7F4N3O4/c15-10-6(2-1-3-7(10)25-14(16,17)18)21-8(22)4-5-9(11(21)19)13(24)20-12(5)23/h1-4H,19H2,(H,20,23,24). The first-order valence-corrected chi connectivity index (χ1v) is 6.56. The smallest absolute Gasteiger partial charge is 0.403 e. The number of anilines is 1. The number of hydrogen-bond donors (Lipinski definition) is 2. The Labute approximate surface area is 135 Å². The molecule has 2 amide bonds. The minimum atomic E-state index is -5.15. The molecule has 130 valence electrons. The molecule has 1 aromatic carbocycles. The van der Waals surface area contributed by atoms with Gasteiger partial charge in [0.2, 0.25) is 0 Å². The van der Waals surface area contributed by atoms with Crippen LogP contribution in [0.25, 0.3) is 5.69 Å². The third-order valence-corrected chi connectivity index (χ3v) is 3.36. The predicted molar refractivity (Wildman–Crippen MR) is 74.9 cm³/mol. The topological polar surface area (TPSA) is 103 Å². The largest absolute Gasteiger partial charge is 0.573 e. The van der Waals surface area contributed by atoms with Crippen molar-refractivity contribution >= 4 is 17.6 Å². The van der Waals surface area contributed by atoms with Gasteiger partial charge in [-0.1, -0.05) is 6.07 Å². The molecule has 2 aromatic rings. The first-order valence-electron chi connectivity index (χ1n) is 6.56. The van der Waals surface area contributed by atoms with Crippen LogP contribution in [0, 0.1) is 5.82 Å². The van der Waals surface area contributed by atoms with Crippen molar-refractivity contribution in [2.75, 3.05) is 5.73 Å². The lowest BCUT2D eigenvalue weighted by atomic mass is 10.1. The number of benzene rings is 1. The molecule has 3 N–H and O–H groups in total. The van der Waals surface area contributed by atoms with Crippen LogP contribution in [0.4, 0.5) is 23.4 Å². The van der Waals surface area contributed by atoms with Crippen molar-refractivity contribution in [1.82, 2.24) is 9.88 Å². The van der Waals surface area contributed by atoms with E-state index in [4.69, 9.17) is 5.73 Å². The normalized spacial score (nSPS) is 13.6. The quantitative estimate of drug-likeness (QED) is 0.624. The number of nitrogen functional groups attached to an aromatic ring is 1. The van der Waals surface area contributed by atoms with Gasteiger partial charge in [-0.25, -0.2) is 4.39 Å². The van der Waals surface area contributed by atoms with Gasteiger partial charge < -0.3 is 10.5 Å². The van der Waals surface area contributed by atoms with Gasteiger partial charge in [0.15, 0.2) is 11.6 Å². The van der Waals surface area contributed by atoms with E-state index in [-0.39, 0.29) is 11.1 Å². The molecule has 3 rings (SSSR count). The molecule has 0 saturated carbocycles. The molecule has 2 heterocycles. The lowest BCUT2D eigenvalue weighted by Gasteiger charge is -2.15. The van der Waals surface area contributed by atoms with Crippen molar-refractivity contribution in [1.29, 1.82) is 0 Å². The number of carbonyl (C=O) groups is 2. The van der Waals surface area contributed by atoms with Crippen molar-refractivity contribution in [3.8, 4) is 11.4 Å². The SMILES string of the molecule is Nc1c2c(cc(=O)n1-c1cccc(OC(F)(F)F)c1F)C(=O)NC2=O. The van der Waals surface area contributed by atoms with Crippen molar-refractivity contribution in [2.24, 2.45) is 0 Å². The Balaban J connectivity index is 2.24. The minimum absolute atomic E-state index is 0.299. The number of nitrogens with two attached hydrogens (primary N) is 1. The molecule has 1 aliphatic heterocycles. The molecule has 0 atom stereocenters. The number of ether oxygens (including phenoxy) is 1. The number of fused-ring (bicyclic) bond motifs is 1. The number of nitrogens with one attached hydrogen (secondary N) is 1. The third kappa shape index (κ3) is 2.69. The van der Waals surface area contributed by atoms with Crippen LogP contribution >= 0.6 is 0 Å². The molecule has 11 heteroatoms. The van der Waals surface area contributed by atoms with E-state index in [0.29, 0.717) is 10.6 Å². The summed E-state index contributed by atoms with van der Waals surface area (Å²) in [7, 11) is 0. The van der Waals surface area contributed by atoms with Gasteiger partial charge >= 0.3 is 6.36 Å². The van der Waals surface area contributed by atoms with Crippen LogP contribution in [0.2, 0.25) is 0 Å². The summed E-state index contributed by atoms with van der Waals surface area (Å²) in [6.07, 6.45) is -5.15. The van der Waals surface area contributed by atoms with E-state index in [1.807, 2.05) is 5.32 Å². The molecule has 1 aliphatic rings. The van der Waals surface area contributed by atoms with Crippen molar-refractivity contribution in [3.05, 3.63) is 51.6 Å². The van der Waals surface area contributed by atoms with Gasteiger partial charge in [-0.05, 0) is 12.1 Å². The maximum atomic E-state index is 14.4. The molecule has 0 saturated heterocycles. The van der Waals surface area contributed by atoms with E-state index in [9.17, 15) is 31.9 Å².